The number of sulfonamides is 1. The van der Waals surface area contributed by atoms with Crippen LogP contribution >= 0.6 is 0 Å². The summed E-state index contributed by atoms with van der Waals surface area (Å²) in [5.74, 6) is -4.60. The molecule has 1 rings (SSSR count). The molecule has 1 N–H and O–H groups in total. The molecule has 0 saturated carbocycles. The standard InChI is InChI=1S/C13H17F2NO4S/c1-4-5-16(8(2)3)21(19,20)11-7-9(13(17)18)6-10(14)12(11)15/h6-8H,4-5H2,1-3H3,(H,17,18). The van der Waals surface area contributed by atoms with Crippen molar-refractivity contribution in [3.63, 3.8) is 0 Å². The van der Waals surface area contributed by atoms with E-state index in [2.05, 4.69) is 0 Å². The van der Waals surface area contributed by atoms with Crippen molar-refractivity contribution in [2.24, 2.45) is 0 Å². The van der Waals surface area contributed by atoms with Gasteiger partial charge in [0.15, 0.2) is 11.6 Å². The van der Waals surface area contributed by atoms with Crippen molar-refractivity contribution in [1.82, 2.24) is 4.31 Å². The molecule has 0 radical (unpaired) electrons. The molecule has 0 heterocycles. The van der Waals surface area contributed by atoms with Crippen molar-refractivity contribution in [3.8, 4) is 0 Å². The van der Waals surface area contributed by atoms with Gasteiger partial charge >= 0.3 is 5.97 Å². The number of hydrogen-bond acceptors (Lipinski definition) is 3. The highest BCUT2D eigenvalue weighted by Gasteiger charge is 2.31. The molecule has 0 spiro atoms. The first-order valence-electron chi connectivity index (χ1n) is 6.37. The Kier molecular flexibility index (Phi) is 5.41. The van der Waals surface area contributed by atoms with Gasteiger partial charge in [0.1, 0.15) is 4.90 Å². The quantitative estimate of drug-likeness (QED) is 0.873. The molecule has 0 aliphatic heterocycles. The molecular formula is C13H17F2NO4S. The van der Waals surface area contributed by atoms with E-state index in [4.69, 9.17) is 5.11 Å². The summed E-state index contributed by atoms with van der Waals surface area (Å²) in [7, 11) is -4.32. The van der Waals surface area contributed by atoms with E-state index in [9.17, 15) is 22.0 Å². The molecule has 0 aliphatic carbocycles. The number of nitrogens with zero attached hydrogens (tertiary/aromatic N) is 1. The van der Waals surface area contributed by atoms with Gasteiger partial charge in [-0.15, -0.1) is 0 Å². The number of rotatable bonds is 6. The predicted octanol–water partition coefficient (Wildman–Crippen LogP) is 2.47. The second-order valence-electron chi connectivity index (χ2n) is 4.78. The van der Waals surface area contributed by atoms with Gasteiger partial charge in [0.2, 0.25) is 10.0 Å². The van der Waals surface area contributed by atoms with Crippen molar-refractivity contribution < 1.29 is 27.1 Å². The van der Waals surface area contributed by atoms with Gasteiger partial charge in [0.25, 0.3) is 0 Å². The van der Waals surface area contributed by atoms with Crippen LogP contribution in [0, 0.1) is 11.6 Å². The van der Waals surface area contributed by atoms with E-state index in [0.29, 0.717) is 18.6 Å². The molecule has 0 amide bonds. The smallest absolute Gasteiger partial charge is 0.335 e. The van der Waals surface area contributed by atoms with Gasteiger partial charge in [0, 0.05) is 12.6 Å². The molecule has 0 unspecified atom stereocenters. The van der Waals surface area contributed by atoms with Crippen molar-refractivity contribution in [2.75, 3.05) is 6.54 Å². The summed E-state index contributed by atoms with van der Waals surface area (Å²) in [6.45, 7) is 5.07. The zero-order chi connectivity index (χ0) is 16.4. The van der Waals surface area contributed by atoms with Crippen LogP contribution in [0.25, 0.3) is 0 Å². The molecule has 1 aromatic carbocycles. The topological polar surface area (TPSA) is 74.7 Å². The summed E-state index contributed by atoms with van der Waals surface area (Å²) in [6, 6.07) is 0.628. The number of hydrogen-bond donors (Lipinski definition) is 1. The summed E-state index contributed by atoms with van der Waals surface area (Å²) >= 11 is 0. The van der Waals surface area contributed by atoms with Gasteiger partial charge in [-0.25, -0.2) is 22.0 Å². The third-order valence-electron chi connectivity index (χ3n) is 2.85. The maximum absolute atomic E-state index is 13.8. The third kappa shape index (κ3) is 3.56. The van der Waals surface area contributed by atoms with Crippen molar-refractivity contribution in [2.45, 2.75) is 38.1 Å². The van der Waals surface area contributed by atoms with Crippen molar-refractivity contribution in [1.29, 1.82) is 0 Å². The van der Waals surface area contributed by atoms with Gasteiger partial charge < -0.3 is 5.11 Å². The zero-order valence-electron chi connectivity index (χ0n) is 11.9. The van der Waals surface area contributed by atoms with Crippen LogP contribution in [0.1, 0.15) is 37.6 Å². The minimum Gasteiger partial charge on any atom is -0.478 e. The Labute approximate surface area is 122 Å². The lowest BCUT2D eigenvalue weighted by Gasteiger charge is -2.25. The highest BCUT2D eigenvalue weighted by Crippen LogP contribution is 2.25. The summed E-state index contributed by atoms with van der Waals surface area (Å²) in [5, 5.41) is 8.84. The van der Waals surface area contributed by atoms with Gasteiger partial charge in [-0.1, -0.05) is 6.92 Å². The Morgan fingerprint density at radius 1 is 1.33 bits per heavy atom. The number of halogens is 2. The summed E-state index contributed by atoms with van der Waals surface area (Å²) in [4.78, 5) is 9.92. The number of aromatic carboxylic acids is 1. The number of carboxylic acids is 1. The fraction of sp³-hybridized carbons (Fsp3) is 0.462. The third-order valence-corrected chi connectivity index (χ3v) is 4.92. The molecule has 1 aromatic rings. The van der Waals surface area contributed by atoms with Crippen molar-refractivity contribution >= 4 is 16.0 Å². The molecule has 0 aromatic heterocycles. The second kappa shape index (κ2) is 6.48. The molecule has 0 aliphatic rings. The average molecular weight is 321 g/mol. The Balaban J connectivity index is 3.53. The minimum atomic E-state index is -4.32. The highest BCUT2D eigenvalue weighted by atomic mass is 32.2. The average Bonchev–Trinajstić information content (AvgIpc) is 2.37. The van der Waals surface area contributed by atoms with E-state index in [0.717, 1.165) is 4.31 Å². The van der Waals surface area contributed by atoms with E-state index in [-0.39, 0.29) is 6.54 Å². The Morgan fingerprint density at radius 3 is 2.33 bits per heavy atom. The molecule has 118 valence electrons. The maximum atomic E-state index is 13.8. The Hall–Kier alpha value is -1.54. The molecule has 0 bridgehead atoms. The first-order valence-corrected chi connectivity index (χ1v) is 7.81. The molecule has 0 atom stereocenters. The molecule has 5 nitrogen and oxygen atoms in total. The molecule has 0 fully saturated rings. The molecule has 0 saturated heterocycles. The van der Waals surface area contributed by atoms with Crippen LogP contribution < -0.4 is 0 Å². The van der Waals surface area contributed by atoms with E-state index in [1.54, 1.807) is 20.8 Å². The van der Waals surface area contributed by atoms with Crippen LogP contribution in [0.3, 0.4) is 0 Å². The summed E-state index contributed by atoms with van der Waals surface area (Å²) < 4.78 is 53.2. The molecule has 21 heavy (non-hydrogen) atoms. The first kappa shape index (κ1) is 17.5. The van der Waals surface area contributed by atoms with E-state index < -0.39 is 44.1 Å². The fourth-order valence-corrected chi connectivity index (χ4v) is 3.71. The lowest BCUT2D eigenvalue weighted by Crippen LogP contribution is -2.38. The van der Waals surface area contributed by atoms with Crippen LogP contribution in [0.4, 0.5) is 8.78 Å². The largest absolute Gasteiger partial charge is 0.478 e. The van der Waals surface area contributed by atoms with Gasteiger partial charge in [-0.2, -0.15) is 4.31 Å². The van der Waals surface area contributed by atoms with Crippen molar-refractivity contribution in [3.05, 3.63) is 29.3 Å². The molecular weight excluding hydrogens is 304 g/mol. The fourth-order valence-electron chi connectivity index (χ4n) is 1.88. The molecule has 8 heteroatoms. The van der Waals surface area contributed by atoms with Gasteiger partial charge in [0.05, 0.1) is 5.56 Å². The normalized spacial score (nSPS) is 12.1. The lowest BCUT2D eigenvalue weighted by molar-refractivity contribution is 0.0696. The van der Waals surface area contributed by atoms with Crippen LogP contribution in [0.2, 0.25) is 0 Å². The minimum absolute atomic E-state index is 0.123. The Morgan fingerprint density at radius 2 is 1.90 bits per heavy atom. The zero-order valence-corrected chi connectivity index (χ0v) is 12.7. The monoisotopic (exact) mass is 321 g/mol. The summed E-state index contributed by atoms with van der Waals surface area (Å²) in [6.07, 6.45) is 0.486. The predicted molar refractivity (Wildman–Crippen MR) is 72.6 cm³/mol. The Bertz CT molecular complexity index is 644. The summed E-state index contributed by atoms with van der Waals surface area (Å²) in [5.41, 5.74) is -0.618. The number of carboxylic acid groups (broad SMARTS) is 1. The van der Waals surface area contributed by atoms with E-state index in [1.807, 2.05) is 0 Å². The van der Waals surface area contributed by atoms with Crippen LogP contribution in [-0.4, -0.2) is 36.4 Å². The SMILES string of the molecule is CCCN(C(C)C)S(=O)(=O)c1cc(C(=O)O)cc(F)c1F. The highest BCUT2D eigenvalue weighted by molar-refractivity contribution is 7.89. The second-order valence-corrected chi connectivity index (χ2v) is 6.64. The van der Waals surface area contributed by atoms with E-state index >= 15 is 0 Å². The van der Waals surface area contributed by atoms with Crippen LogP contribution in [0.5, 0.6) is 0 Å². The first-order chi connectivity index (χ1) is 9.62. The maximum Gasteiger partial charge on any atom is 0.335 e. The van der Waals surface area contributed by atoms with E-state index in [1.165, 1.54) is 0 Å². The van der Waals surface area contributed by atoms with Gasteiger partial charge in [-0.05, 0) is 32.4 Å². The number of carbonyl (C=O) groups is 1. The van der Waals surface area contributed by atoms with Gasteiger partial charge in [-0.3, -0.25) is 0 Å². The van der Waals surface area contributed by atoms with Crippen LogP contribution in [0.15, 0.2) is 17.0 Å². The lowest BCUT2D eigenvalue weighted by atomic mass is 10.2. The number of benzene rings is 1. The van der Waals surface area contributed by atoms with Crippen LogP contribution in [-0.2, 0) is 10.0 Å².